The lowest BCUT2D eigenvalue weighted by molar-refractivity contribution is -0.128. The molecule has 6 heteroatoms. The first-order chi connectivity index (χ1) is 7.80. The molecule has 0 bridgehead atoms. The molecule has 0 fully saturated rings. The molecule has 0 spiro atoms. The van der Waals surface area contributed by atoms with E-state index in [1.165, 1.54) is 4.90 Å². The minimum Gasteiger partial charge on any atom is -0.342 e. The Balaban J connectivity index is 4.71. The van der Waals surface area contributed by atoms with Crippen molar-refractivity contribution in [2.75, 3.05) is 25.9 Å². The van der Waals surface area contributed by atoms with E-state index >= 15 is 0 Å². The summed E-state index contributed by atoms with van der Waals surface area (Å²) in [7, 11) is -1.68. The zero-order chi connectivity index (χ0) is 13.6. The lowest BCUT2D eigenvalue weighted by atomic mass is 10.3. The van der Waals surface area contributed by atoms with Gasteiger partial charge < -0.3 is 10.2 Å². The molecule has 5 nitrogen and oxygen atoms in total. The highest BCUT2D eigenvalue weighted by Crippen LogP contribution is 2.08. The van der Waals surface area contributed by atoms with Gasteiger partial charge in [0.05, 0.1) is 5.25 Å². The quantitative estimate of drug-likeness (QED) is 0.716. The molecule has 102 valence electrons. The molecule has 1 amide bonds. The van der Waals surface area contributed by atoms with Crippen LogP contribution in [0.25, 0.3) is 0 Å². The Kier molecular flexibility index (Phi) is 6.70. The van der Waals surface area contributed by atoms with Gasteiger partial charge in [0.2, 0.25) is 5.91 Å². The van der Waals surface area contributed by atoms with Crippen molar-refractivity contribution in [3.63, 3.8) is 0 Å². The van der Waals surface area contributed by atoms with Crippen LogP contribution in [0.15, 0.2) is 0 Å². The van der Waals surface area contributed by atoms with Crippen LogP contribution in [-0.2, 0) is 14.6 Å². The molecule has 17 heavy (non-hydrogen) atoms. The lowest BCUT2D eigenvalue weighted by Gasteiger charge is -2.22. The highest BCUT2D eigenvalue weighted by Gasteiger charge is 2.29. The molecule has 0 aromatic rings. The maximum absolute atomic E-state index is 12.0. The molecule has 0 saturated carbocycles. The largest absolute Gasteiger partial charge is 0.342 e. The predicted molar refractivity (Wildman–Crippen MR) is 69.7 cm³/mol. The molecule has 0 aliphatic carbocycles. The lowest BCUT2D eigenvalue weighted by Crippen LogP contribution is -2.43. The zero-order valence-corrected chi connectivity index (χ0v) is 12.2. The van der Waals surface area contributed by atoms with Crippen molar-refractivity contribution < 1.29 is 13.2 Å². The second-order valence-corrected chi connectivity index (χ2v) is 6.51. The van der Waals surface area contributed by atoms with Crippen molar-refractivity contribution in [3.8, 4) is 0 Å². The fourth-order valence-electron chi connectivity index (χ4n) is 1.52. The van der Waals surface area contributed by atoms with Gasteiger partial charge >= 0.3 is 0 Å². The van der Waals surface area contributed by atoms with E-state index in [4.69, 9.17) is 0 Å². The highest BCUT2D eigenvalue weighted by molar-refractivity contribution is 7.92. The molecule has 0 aromatic heterocycles. The molecule has 0 radical (unpaired) electrons. The average molecular weight is 264 g/mol. The maximum atomic E-state index is 12.0. The zero-order valence-electron chi connectivity index (χ0n) is 11.4. The van der Waals surface area contributed by atoms with Gasteiger partial charge in [-0.05, 0) is 34.7 Å². The average Bonchev–Trinajstić information content (AvgIpc) is 2.27. The number of carbonyl (C=O) groups excluding carboxylic acids is 1. The second-order valence-electron chi connectivity index (χ2n) is 4.16. The molecule has 2 atom stereocenters. The number of carbonyl (C=O) groups is 1. The minimum atomic E-state index is -3.39. The van der Waals surface area contributed by atoms with Gasteiger partial charge in [0.1, 0.15) is 5.75 Å². The first-order valence-electron chi connectivity index (χ1n) is 5.96. The summed E-state index contributed by atoms with van der Waals surface area (Å²) in [6.45, 7) is 8.19. The van der Waals surface area contributed by atoms with Gasteiger partial charge in [-0.2, -0.15) is 0 Å². The Morgan fingerprint density at radius 2 is 1.71 bits per heavy atom. The van der Waals surface area contributed by atoms with Crippen molar-refractivity contribution in [1.82, 2.24) is 10.2 Å². The summed E-state index contributed by atoms with van der Waals surface area (Å²) in [5, 5.41) is 2.33. The van der Waals surface area contributed by atoms with E-state index in [0.29, 0.717) is 13.1 Å². The number of rotatable bonds is 7. The van der Waals surface area contributed by atoms with Crippen molar-refractivity contribution in [2.45, 2.75) is 39.0 Å². The van der Waals surface area contributed by atoms with Crippen LogP contribution in [0.3, 0.4) is 0 Å². The number of hydrogen-bond acceptors (Lipinski definition) is 4. The molecule has 0 heterocycles. The third kappa shape index (κ3) is 4.63. The highest BCUT2D eigenvalue weighted by atomic mass is 32.2. The first kappa shape index (κ1) is 16.4. The van der Waals surface area contributed by atoms with Crippen molar-refractivity contribution in [2.24, 2.45) is 0 Å². The van der Waals surface area contributed by atoms with Crippen LogP contribution < -0.4 is 5.32 Å². The van der Waals surface area contributed by atoms with E-state index in [1.54, 1.807) is 20.9 Å². The molecule has 2 unspecified atom stereocenters. The monoisotopic (exact) mass is 264 g/mol. The summed E-state index contributed by atoms with van der Waals surface area (Å²) in [5.41, 5.74) is 0. The molecular weight excluding hydrogens is 240 g/mol. The summed E-state index contributed by atoms with van der Waals surface area (Å²) >= 11 is 0. The van der Waals surface area contributed by atoms with E-state index in [2.05, 4.69) is 5.32 Å². The Labute approximate surface area is 104 Å². The van der Waals surface area contributed by atoms with Crippen LogP contribution in [0.5, 0.6) is 0 Å². The van der Waals surface area contributed by atoms with Crippen LogP contribution in [0.1, 0.15) is 27.7 Å². The van der Waals surface area contributed by atoms with Gasteiger partial charge in [0, 0.05) is 19.1 Å². The van der Waals surface area contributed by atoms with Crippen molar-refractivity contribution in [1.29, 1.82) is 0 Å². The van der Waals surface area contributed by atoms with E-state index in [-0.39, 0.29) is 11.9 Å². The van der Waals surface area contributed by atoms with Crippen LogP contribution in [0, 0.1) is 0 Å². The molecule has 0 aromatic carbocycles. The maximum Gasteiger partial charge on any atom is 0.237 e. The SMILES string of the molecule is CCN(CC)C(=O)CS(=O)(=O)C(C)C(C)NC. The summed E-state index contributed by atoms with van der Waals surface area (Å²) in [6, 6.07) is -0.162. The standard InChI is InChI=1S/C11H24N2O3S/c1-6-13(7-2)11(14)8-17(15,16)10(4)9(3)12-5/h9-10,12H,6-8H2,1-5H3. The van der Waals surface area contributed by atoms with Gasteiger partial charge in [-0.25, -0.2) is 8.42 Å². The molecule has 0 saturated heterocycles. The predicted octanol–water partition coefficient (Wildman–Crippen LogP) is 0.266. The van der Waals surface area contributed by atoms with Crippen molar-refractivity contribution in [3.05, 3.63) is 0 Å². The fraction of sp³-hybridized carbons (Fsp3) is 0.909. The molecule has 0 aliphatic heterocycles. The van der Waals surface area contributed by atoms with Crippen molar-refractivity contribution >= 4 is 15.7 Å². The summed E-state index contributed by atoms with van der Waals surface area (Å²) in [6.07, 6.45) is 0. The third-order valence-electron chi connectivity index (χ3n) is 3.17. The van der Waals surface area contributed by atoms with Crippen LogP contribution in [0.2, 0.25) is 0 Å². The number of nitrogens with one attached hydrogen (secondary N) is 1. The molecule has 0 rings (SSSR count). The number of amides is 1. The number of hydrogen-bond donors (Lipinski definition) is 1. The molecular formula is C11H24N2O3S. The fourth-order valence-corrected chi connectivity index (χ4v) is 3.06. The van der Waals surface area contributed by atoms with Gasteiger partial charge in [0.15, 0.2) is 9.84 Å². The van der Waals surface area contributed by atoms with E-state index in [1.807, 2.05) is 13.8 Å². The van der Waals surface area contributed by atoms with Crippen LogP contribution in [-0.4, -0.2) is 56.4 Å². The van der Waals surface area contributed by atoms with E-state index < -0.39 is 20.8 Å². The number of nitrogens with zero attached hydrogens (tertiary/aromatic N) is 1. The Morgan fingerprint density at radius 3 is 2.06 bits per heavy atom. The smallest absolute Gasteiger partial charge is 0.237 e. The Morgan fingerprint density at radius 1 is 1.24 bits per heavy atom. The number of sulfone groups is 1. The molecule has 1 N–H and O–H groups in total. The third-order valence-corrected chi connectivity index (χ3v) is 5.36. The summed E-state index contributed by atoms with van der Waals surface area (Å²) in [5.74, 6) is -0.716. The van der Waals surface area contributed by atoms with Gasteiger partial charge in [-0.3, -0.25) is 4.79 Å². The van der Waals surface area contributed by atoms with E-state index in [9.17, 15) is 13.2 Å². The first-order valence-corrected chi connectivity index (χ1v) is 7.68. The summed E-state index contributed by atoms with van der Waals surface area (Å²) < 4.78 is 24.0. The van der Waals surface area contributed by atoms with Crippen LogP contribution in [0.4, 0.5) is 0 Å². The second kappa shape index (κ2) is 6.96. The molecule has 0 aliphatic rings. The summed E-state index contributed by atoms with van der Waals surface area (Å²) in [4.78, 5) is 13.3. The van der Waals surface area contributed by atoms with Gasteiger partial charge in [-0.1, -0.05) is 0 Å². The Bertz CT molecular complexity index is 337. The minimum absolute atomic E-state index is 0.162. The normalized spacial score (nSPS) is 15.4. The van der Waals surface area contributed by atoms with Gasteiger partial charge in [0.25, 0.3) is 0 Å². The van der Waals surface area contributed by atoms with Gasteiger partial charge in [-0.15, -0.1) is 0 Å². The van der Waals surface area contributed by atoms with Crippen LogP contribution >= 0.6 is 0 Å². The van der Waals surface area contributed by atoms with E-state index in [0.717, 1.165) is 0 Å². The topological polar surface area (TPSA) is 66.5 Å². The Hall–Kier alpha value is -0.620.